The Kier molecular flexibility index (Phi) is 3.92. The minimum absolute atomic E-state index is 0.0751. The molecule has 1 heterocycles. The number of methoxy groups -OCH3 is 1. The zero-order chi connectivity index (χ0) is 14.8. The number of hydrogen-bond donors (Lipinski definition) is 1. The molecule has 0 bridgehead atoms. The summed E-state index contributed by atoms with van der Waals surface area (Å²) in [5.41, 5.74) is 2.29. The van der Waals surface area contributed by atoms with Gasteiger partial charge in [-0.1, -0.05) is 0 Å². The van der Waals surface area contributed by atoms with Crippen LogP contribution in [0.15, 0.2) is 22.6 Å². The van der Waals surface area contributed by atoms with Crippen LogP contribution in [0.5, 0.6) is 0 Å². The molecule has 0 spiro atoms. The molecule has 0 saturated heterocycles. The van der Waals surface area contributed by atoms with Crippen LogP contribution in [0.4, 0.5) is 5.69 Å². The van der Waals surface area contributed by atoms with Crippen molar-refractivity contribution in [1.29, 1.82) is 0 Å². The molecule has 3 rings (SSSR count). The molecule has 5 nitrogen and oxygen atoms in total. The quantitative estimate of drug-likeness (QED) is 0.941. The van der Waals surface area contributed by atoms with Crippen molar-refractivity contribution in [3.63, 3.8) is 0 Å². The zero-order valence-electron chi connectivity index (χ0n) is 12.4. The topological polar surface area (TPSA) is 64.4 Å². The average Bonchev–Trinajstić information content (AvgIpc) is 2.86. The van der Waals surface area contributed by atoms with Gasteiger partial charge < -0.3 is 14.5 Å². The Hall–Kier alpha value is -1.88. The Morgan fingerprint density at radius 2 is 2.10 bits per heavy atom. The highest BCUT2D eigenvalue weighted by molar-refractivity contribution is 5.94. The summed E-state index contributed by atoms with van der Waals surface area (Å²) in [5.74, 6) is 0.793. The zero-order valence-corrected chi connectivity index (χ0v) is 12.4. The third-order valence-electron chi connectivity index (χ3n) is 4.14. The van der Waals surface area contributed by atoms with Gasteiger partial charge in [-0.05, 0) is 43.9 Å². The molecule has 1 saturated carbocycles. The molecular formula is C16H20N2O3. The van der Waals surface area contributed by atoms with Crippen molar-refractivity contribution in [3.8, 4) is 0 Å². The number of nitrogens with one attached hydrogen (secondary N) is 1. The van der Waals surface area contributed by atoms with Crippen molar-refractivity contribution >= 4 is 22.7 Å². The van der Waals surface area contributed by atoms with E-state index in [2.05, 4.69) is 10.3 Å². The van der Waals surface area contributed by atoms with Crippen LogP contribution in [0.25, 0.3) is 11.1 Å². The van der Waals surface area contributed by atoms with Crippen molar-refractivity contribution in [3.05, 3.63) is 24.1 Å². The number of amides is 1. The number of benzene rings is 1. The number of aryl methyl sites for hydroxylation is 1. The molecule has 1 aromatic carbocycles. The number of rotatable bonds is 3. The predicted molar refractivity (Wildman–Crippen MR) is 80.1 cm³/mol. The second-order valence-corrected chi connectivity index (χ2v) is 5.61. The summed E-state index contributed by atoms with van der Waals surface area (Å²) in [4.78, 5) is 16.6. The van der Waals surface area contributed by atoms with Gasteiger partial charge in [-0.3, -0.25) is 4.79 Å². The fraction of sp³-hybridized carbons (Fsp3) is 0.500. The molecule has 0 aliphatic heterocycles. The maximum atomic E-state index is 12.3. The van der Waals surface area contributed by atoms with E-state index in [9.17, 15) is 4.79 Å². The molecule has 5 heteroatoms. The van der Waals surface area contributed by atoms with E-state index in [1.807, 2.05) is 25.1 Å². The first kappa shape index (κ1) is 14.1. The van der Waals surface area contributed by atoms with E-state index in [0.29, 0.717) is 12.0 Å². The van der Waals surface area contributed by atoms with Crippen LogP contribution in [0.3, 0.4) is 0 Å². The smallest absolute Gasteiger partial charge is 0.227 e. The third kappa shape index (κ3) is 3.08. The first-order valence-corrected chi connectivity index (χ1v) is 7.36. The molecule has 1 aliphatic rings. The van der Waals surface area contributed by atoms with Crippen molar-refractivity contribution in [2.24, 2.45) is 5.92 Å². The third-order valence-corrected chi connectivity index (χ3v) is 4.14. The number of oxazole rings is 1. The fourth-order valence-corrected chi connectivity index (χ4v) is 2.93. The van der Waals surface area contributed by atoms with Crippen molar-refractivity contribution < 1.29 is 13.9 Å². The van der Waals surface area contributed by atoms with E-state index in [0.717, 1.165) is 42.5 Å². The Labute approximate surface area is 123 Å². The van der Waals surface area contributed by atoms with E-state index < -0.39 is 0 Å². The molecule has 0 radical (unpaired) electrons. The van der Waals surface area contributed by atoms with E-state index in [1.165, 1.54) is 0 Å². The number of nitrogens with zero attached hydrogens (tertiary/aromatic N) is 1. The van der Waals surface area contributed by atoms with E-state index in [-0.39, 0.29) is 11.8 Å². The SMILES string of the molecule is COC1CCC(C(=O)Nc2ccc3oc(C)nc3c2)CC1. The van der Waals surface area contributed by atoms with Crippen molar-refractivity contribution in [1.82, 2.24) is 4.98 Å². The van der Waals surface area contributed by atoms with Crippen LogP contribution in [-0.4, -0.2) is 24.1 Å². The Bertz CT molecular complexity index is 642. The van der Waals surface area contributed by atoms with Gasteiger partial charge in [0.15, 0.2) is 11.5 Å². The number of anilines is 1. The number of ether oxygens (including phenoxy) is 1. The van der Waals surface area contributed by atoms with Gasteiger partial charge in [0.05, 0.1) is 6.10 Å². The average molecular weight is 288 g/mol. The van der Waals surface area contributed by atoms with Gasteiger partial charge in [0.1, 0.15) is 5.52 Å². The second-order valence-electron chi connectivity index (χ2n) is 5.61. The van der Waals surface area contributed by atoms with Gasteiger partial charge in [-0.15, -0.1) is 0 Å². The highest BCUT2D eigenvalue weighted by Crippen LogP contribution is 2.27. The largest absolute Gasteiger partial charge is 0.441 e. The molecular weight excluding hydrogens is 268 g/mol. The summed E-state index contributed by atoms with van der Waals surface area (Å²) in [6.07, 6.45) is 3.99. The highest BCUT2D eigenvalue weighted by Gasteiger charge is 2.26. The first-order chi connectivity index (χ1) is 10.2. The molecule has 1 amide bonds. The lowest BCUT2D eigenvalue weighted by atomic mass is 9.87. The number of hydrogen-bond acceptors (Lipinski definition) is 4. The Balaban J connectivity index is 1.65. The summed E-state index contributed by atoms with van der Waals surface area (Å²) < 4.78 is 10.8. The predicted octanol–water partition coefficient (Wildman–Crippen LogP) is 3.28. The second kappa shape index (κ2) is 5.85. The molecule has 1 aliphatic carbocycles. The Morgan fingerprint density at radius 1 is 1.33 bits per heavy atom. The van der Waals surface area contributed by atoms with Gasteiger partial charge in [0, 0.05) is 25.6 Å². The van der Waals surface area contributed by atoms with Gasteiger partial charge in [-0.2, -0.15) is 0 Å². The van der Waals surface area contributed by atoms with E-state index in [4.69, 9.17) is 9.15 Å². The summed E-state index contributed by atoms with van der Waals surface area (Å²) in [6, 6.07) is 5.54. The molecule has 0 atom stereocenters. The molecule has 0 unspecified atom stereocenters. The highest BCUT2D eigenvalue weighted by atomic mass is 16.5. The van der Waals surface area contributed by atoms with Gasteiger partial charge in [0.25, 0.3) is 0 Å². The van der Waals surface area contributed by atoms with Crippen LogP contribution in [0.1, 0.15) is 31.6 Å². The van der Waals surface area contributed by atoms with E-state index in [1.54, 1.807) is 7.11 Å². The normalized spacial score (nSPS) is 22.4. The molecule has 1 aromatic heterocycles. The minimum atomic E-state index is 0.0751. The minimum Gasteiger partial charge on any atom is -0.441 e. The van der Waals surface area contributed by atoms with Gasteiger partial charge >= 0.3 is 0 Å². The number of carbonyl (C=O) groups is 1. The van der Waals surface area contributed by atoms with Crippen LogP contribution in [-0.2, 0) is 9.53 Å². The fourth-order valence-electron chi connectivity index (χ4n) is 2.93. The maximum Gasteiger partial charge on any atom is 0.227 e. The molecule has 112 valence electrons. The Morgan fingerprint density at radius 3 is 2.81 bits per heavy atom. The summed E-state index contributed by atoms with van der Waals surface area (Å²) >= 11 is 0. The standard InChI is InChI=1S/C16H20N2O3/c1-10-17-14-9-12(5-8-15(14)21-10)18-16(19)11-3-6-13(20-2)7-4-11/h5,8-9,11,13H,3-4,6-7H2,1-2H3,(H,18,19). The summed E-state index contributed by atoms with van der Waals surface area (Å²) in [7, 11) is 1.74. The molecule has 2 aromatic rings. The number of aromatic nitrogens is 1. The van der Waals surface area contributed by atoms with Gasteiger partial charge in [0.2, 0.25) is 5.91 Å². The van der Waals surface area contributed by atoms with Gasteiger partial charge in [-0.25, -0.2) is 4.98 Å². The van der Waals surface area contributed by atoms with Crippen LogP contribution >= 0.6 is 0 Å². The molecule has 1 fully saturated rings. The van der Waals surface area contributed by atoms with E-state index >= 15 is 0 Å². The number of carbonyl (C=O) groups excluding carboxylic acids is 1. The summed E-state index contributed by atoms with van der Waals surface area (Å²) in [5, 5.41) is 2.98. The molecule has 1 N–H and O–H groups in total. The first-order valence-electron chi connectivity index (χ1n) is 7.36. The van der Waals surface area contributed by atoms with Crippen molar-refractivity contribution in [2.45, 2.75) is 38.7 Å². The monoisotopic (exact) mass is 288 g/mol. The lowest BCUT2D eigenvalue weighted by molar-refractivity contribution is -0.121. The van der Waals surface area contributed by atoms with Crippen LogP contribution in [0.2, 0.25) is 0 Å². The lowest BCUT2D eigenvalue weighted by Gasteiger charge is -2.26. The summed E-state index contributed by atoms with van der Waals surface area (Å²) in [6.45, 7) is 1.81. The molecule has 21 heavy (non-hydrogen) atoms. The lowest BCUT2D eigenvalue weighted by Crippen LogP contribution is -2.29. The van der Waals surface area contributed by atoms with Crippen LogP contribution in [0, 0.1) is 12.8 Å². The maximum absolute atomic E-state index is 12.3. The van der Waals surface area contributed by atoms with Crippen LogP contribution < -0.4 is 5.32 Å². The number of fused-ring (bicyclic) bond motifs is 1. The van der Waals surface area contributed by atoms with Crippen molar-refractivity contribution in [2.75, 3.05) is 12.4 Å².